The van der Waals surface area contributed by atoms with Crippen molar-refractivity contribution in [3.63, 3.8) is 0 Å². The zero-order valence-corrected chi connectivity index (χ0v) is 16.2. The van der Waals surface area contributed by atoms with Crippen molar-refractivity contribution in [1.82, 2.24) is 0 Å². The lowest BCUT2D eigenvalue weighted by Gasteiger charge is -2.11. The zero-order chi connectivity index (χ0) is 21.5. The van der Waals surface area contributed by atoms with Gasteiger partial charge in [-0.05, 0) is 24.3 Å². The molecule has 0 aliphatic heterocycles. The van der Waals surface area contributed by atoms with Crippen LogP contribution >= 0.6 is 0 Å². The van der Waals surface area contributed by atoms with Gasteiger partial charge in [0, 0.05) is 6.07 Å². The van der Waals surface area contributed by atoms with Crippen molar-refractivity contribution in [2.24, 2.45) is 0 Å². The maximum absolute atomic E-state index is 13.0. The summed E-state index contributed by atoms with van der Waals surface area (Å²) in [5.41, 5.74) is -0.852. The number of hydrogen-bond acceptors (Lipinski definition) is 6. The zero-order valence-electron chi connectivity index (χ0n) is 16.2. The summed E-state index contributed by atoms with van der Waals surface area (Å²) < 4.78 is 16.4. The normalized spacial score (nSPS) is 10.3. The molecule has 30 heavy (non-hydrogen) atoms. The van der Waals surface area contributed by atoms with E-state index in [1.165, 1.54) is 18.2 Å². The van der Waals surface area contributed by atoms with Crippen LogP contribution in [0.3, 0.4) is 0 Å². The van der Waals surface area contributed by atoms with Gasteiger partial charge in [-0.25, -0.2) is 4.79 Å². The Morgan fingerprint density at radius 2 is 1.57 bits per heavy atom. The first-order valence-corrected chi connectivity index (χ1v) is 9.14. The second-order valence-corrected chi connectivity index (χ2v) is 6.18. The van der Waals surface area contributed by atoms with Gasteiger partial charge in [-0.1, -0.05) is 49.6 Å². The summed E-state index contributed by atoms with van der Waals surface area (Å²) in [5.74, 6) is -0.410. The topological polar surface area (TPSA) is 86.0 Å². The van der Waals surface area contributed by atoms with Crippen LogP contribution in [0.1, 0.15) is 15.9 Å². The molecule has 0 fully saturated rings. The second-order valence-electron chi connectivity index (χ2n) is 6.18. The Bertz CT molecular complexity index is 1140. The summed E-state index contributed by atoms with van der Waals surface area (Å²) in [4.78, 5) is 25.6. The molecule has 0 spiro atoms. The Labute approximate surface area is 173 Å². The highest BCUT2D eigenvalue weighted by Gasteiger charge is 2.24. The third-order valence-corrected chi connectivity index (χ3v) is 4.16. The van der Waals surface area contributed by atoms with E-state index in [4.69, 9.17) is 13.9 Å². The summed E-state index contributed by atoms with van der Waals surface area (Å²) in [6.45, 7) is 7.61. The van der Waals surface area contributed by atoms with Gasteiger partial charge in [-0.2, -0.15) is 0 Å². The van der Waals surface area contributed by atoms with Gasteiger partial charge >= 0.3 is 5.63 Å². The van der Waals surface area contributed by atoms with Gasteiger partial charge in [-0.15, -0.1) is 0 Å². The molecule has 1 N–H and O–H groups in total. The lowest BCUT2D eigenvalue weighted by atomic mass is 10.0. The van der Waals surface area contributed by atoms with Gasteiger partial charge < -0.3 is 19.0 Å². The highest BCUT2D eigenvalue weighted by molar-refractivity contribution is 6.12. The van der Waals surface area contributed by atoms with Gasteiger partial charge in [0.1, 0.15) is 41.8 Å². The fourth-order valence-electron chi connectivity index (χ4n) is 2.83. The molecule has 2 aromatic carbocycles. The van der Waals surface area contributed by atoms with Crippen molar-refractivity contribution in [2.75, 3.05) is 13.2 Å². The molecule has 0 aliphatic rings. The van der Waals surface area contributed by atoms with Gasteiger partial charge in [0.2, 0.25) is 5.78 Å². The molecule has 0 bridgehead atoms. The van der Waals surface area contributed by atoms with Crippen LogP contribution in [-0.2, 0) is 0 Å². The standard InChI is InChI=1S/C24H20O6/c1-3-13-28-19-11-7-5-9-16(19)21-15-18(25)22(24(27)30-21)23(26)17-10-6-8-12-20(17)29-14-4-2/h3-12,15,25H,1-2,13-14H2. The Kier molecular flexibility index (Phi) is 6.49. The minimum absolute atomic E-state index is 0.0740. The number of ketones is 1. The summed E-state index contributed by atoms with van der Waals surface area (Å²) in [6.07, 6.45) is 3.12. The lowest BCUT2D eigenvalue weighted by Crippen LogP contribution is -2.16. The molecule has 0 radical (unpaired) electrons. The smallest absolute Gasteiger partial charge is 0.351 e. The predicted molar refractivity (Wildman–Crippen MR) is 113 cm³/mol. The van der Waals surface area contributed by atoms with E-state index in [0.717, 1.165) is 0 Å². The Morgan fingerprint density at radius 3 is 2.23 bits per heavy atom. The number of hydrogen-bond donors (Lipinski definition) is 1. The molecular formula is C24H20O6. The highest BCUT2D eigenvalue weighted by Crippen LogP contribution is 2.33. The van der Waals surface area contributed by atoms with E-state index in [1.807, 2.05) is 0 Å². The molecule has 0 aliphatic carbocycles. The first-order valence-electron chi connectivity index (χ1n) is 9.14. The third-order valence-electron chi connectivity index (χ3n) is 4.16. The van der Waals surface area contributed by atoms with Crippen LogP contribution in [0, 0.1) is 0 Å². The first kappa shape index (κ1) is 20.7. The number of rotatable bonds is 9. The molecule has 1 aromatic heterocycles. The SMILES string of the molecule is C=CCOc1ccccc1C(=O)c1c(O)cc(-c2ccccc2OCC=C)oc1=O. The van der Waals surface area contributed by atoms with Crippen LogP contribution in [0.2, 0.25) is 0 Å². The molecule has 0 amide bonds. The predicted octanol–water partition coefficient (Wildman–Crippen LogP) is 4.37. The van der Waals surface area contributed by atoms with Crippen molar-refractivity contribution in [3.8, 4) is 28.6 Å². The van der Waals surface area contributed by atoms with E-state index in [2.05, 4.69) is 13.2 Å². The van der Waals surface area contributed by atoms with Gasteiger partial charge in [0.25, 0.3) is 0 Å². The molecular weight excluding hydrogens is 384 g/mol. The molecule has 0 atom stereocenters. The van der Waals surface area contributed by atoms with E-state index in [9.17, 15) is 14.7 Å². The summed E-state index contributed by atoms with van der Waals surface area (Å²) in [7, 11) is 0. The van der Waals surface area contributed by atoms with Crippen molar-refractivity contribution in [1.29, 1.82) is 0 Å². The van der Waals surface area contributed by atoms with Crippen LogP contribution in [0.15, 0.2) is 89.1 Å². The summed E-state index contributed by atoms with van der Waals surface area (Å²) >= 11 is 0. The number of carbonyl (C=O) groups excluding carboxylic acids is 1. The van der Waals surface area contributed by atoms with Gasteiger partial charge in [-0.3, -0.25) is 4.79 Å². The van der Waals surface area contributed by atoms with E-state index in [-0.39, 0.29) is 30.3 Å². The third kappa shape index (κ3) is 4.33. The lowest BCUT2D eigenvalue weighted by molar-refractivity contribution is 0.102. The molecule has 1 heterocycles. The monoisotopic (exact) mass is 404 g/mol. The summed E-state index contributed by atoms with van der Waals surface area (Å²) in [6, 6.07) is 14.5. The Morgan fingerprint density at radius 1 is 0.967 bits per heavy atom. The fourth-order valence-corrected chi connectivity index (χ4v) is 2.83. The van der Waals surface area contributed by atoms with Crippen LogP contribution in [0.25, 0.3) is 11.3 Å². The quantitative estimate of drug-likeness (QED) is 0.421. The highest BCUT2D eigenvalue weighted by atomic mass is 16.5. The number of carbonyl (C=O) groups is 1. The minimum atomic E-state index is -0.966. The number of ether oxygens (including phenoxy) is 2. The molecule has 3 aromatic rings. The number of para-hydroxylation sites is 2. The van der Waals surface area contributed by atoms with Crippen LogP contribution in [0.5, 0.6) is 17.2 Å². The van der Waals surface area contributed by atoms with E-state index in [1.54, 1.807) is 48.5 Å². The molecule has 152 valence electrons. The van der Waals surface area contributed by atoms with Crippen molar-refractivity contribution in [3.05, 3.63) is 101 Å². The number of benzene rings is 2. The average molecular weight is 404 g/mol. The largest absolute Gasteiger partial charge is 0.507 e. The Balaban J connectivity index is 2.03. The van der Waals surface area contributed by atoms with Crippen LogP contribution in [-0.4, -0.2) is 24.1 Å². The van der Waals surface area contributed by atoms with Crippen molar-refractivity contribution in [2.45, 2.75) is 0 Å². The van der Waals surface area contributed by atoms with E-state index in [0.29, 0.717) is 11.3 Å². The first-order chi connectivity index (χ1) is 14.6. The van der Waals surface area contributed by atoms with Crippen LogP contribution in [0.4, 0.5) is 0 Å². The average Bonchev–Trinajstić information content (AvgIpc) is 2.76. The number of aromatic hydroxyl groups is 1. The fraction of sp³-hybridized carbons (Fsp3) is 0.0833. The molecule has 0 unspecified atom stereocenters. The summed E-state index contributed by atoms with van der Waals surface area (Å²) in [5, 5.41) is 10.5. The molecule has 6 heteroatoms. The van der Waals surface area contributed by atoms with Gasteiger partial charge in [0.05, 0.1) is 11.1 Å². The maximum atomic E-state index is 13.0. The van der Waals surface area contributed by atoms with Crippen LogP contribution < -0.4 is 15.1 Å². The van der Waals surface area contributed by atoms with Gasteiger partial charge in [0.15, 0.2) is 0 Å². The van der Waals surface area contributed by atoms with Crippen molar-refractivity contribution < 1.29 is 23.8 Å². The second kappa shape index (κ2) is 9.43. The van der Waals surface area contributed by atoms with E-state index >= 15 is 0 Å². The molecule has 3 rings (SSSR count). The van der Waals surface area contributed by atoms with E-state index < -0.39 is 22.7 Å². The minimum Gasteiger partial charge on any atom is -0.507 e. The molecule has 6 nitrogen and oxygen atoms in total. The molecule has 0 saturated heterocycles. The maximum Gasteiger partial charge on any atom is 0.351 e. The van der Waals surface area contributed by atoms with Crippen molar-refractivity contribution >= 4 is 5.78 Å². The Hall–Kier alpha value is -4.06. The molecule has 0 saturated carbocycles.